The van der Waals surface area contributed by atoms with Crippen LogP contribution in [0, 0.1) is 0 Å². The number of hydrogen-bond acceptors (Lipinski definition) is 2. The van der Waals surface area contributed by atoms with Crippen LogP contribution in [0.1, 0.15) is 37.0 Å². The summed E-state index contributed by atoms with van der Waals surface area (Å²) in [4.78, 5) is 2.26. The fraction of sp³-hybridized carbons (Fsp3) is 0.500. The molecular weight excluding hydrogens is 174 g/mol. The molecule has 1 aromatic rings. The first-order valence-electron chi connectivity index (χ1n) is 5.12. The molecule has 14 heavy (non-hydrogen) atoms. The SMILES string of the molecule is CC(O)c1ccc2c(c1)N(C)CC2C. The third-order valence-corrected chi connectivity index (χ3v) is 3.03. The molecule has 0 fully saturated rings. The zero-order valence-electron chi connectivity index (χ0n) is 8.99. The molecule has 0 aromatic heterocycles. The summed E-state index contributed by atoms with van der Waals surface area (Å²) in [7, 11) is 2.11. The van der Waals surface area contributed by atoms with Gasteiger partial charge >= 0.3 is 0 Å². The van der Waals surface area contributed by atoms with Crippen molar-refractivity contribution in [2.24, 2.45) is 0 Å². The number of aliphatic hydroxyl groups excluding tert-OH is 1. The van der Waals surface area contributed by atoms with Gasteiger partial charge in [0.2, 0.25) is 0 Å². The van der Waals surface area contributed by atoms with Gasteiger partial charge < -0.3 is 10.0 Å². The molecule has 1 aliphatic rings. The van der Waals surface area contributed by atoms with E-state index in [4.69, 9.17) is 0 Å². The van der Waals surface area contributed by atoms with E-state index in [0.29, 0.717) is 5.92 Å². The highest BCUT2D eigenvalue weighted by molar-refractivity contribution is 5.61. The summed E-state index contributed by atoms with van der Waals surface area (Å²) in [6.45, 7) is 5.13. The third-order valence-electron chi connectivity index (χ3n) is 3.03. The average Bonchev–Trinajstić information content (AvgIpc) is 2.42. The summed E-state index contributed by atoms with van der Waals surface area (Å²) in [6.07, 6.45) is -0.371. The fourth-order valence-corrected chi connectivity index (χ4v) is 2.18. The van der Waals surface area contributed by atoms with Gasteiger partial charge in [0.15, 0.2) is 0 Å². The smallest absolute Gasteiger partial charge is 0.0762 e. The first kappa shape index (κ1) is 9.53. The van der Waals surface area contributed by atoms with Gasteiger partial charge in [-0.15, -0.1) is 0 Å². The second-order valence-corrected chi connectivity index (χ2v) is 4.28. The summed E-state index contributed by atoms with van der Waals surface area (Å²) < 4.78 is 0. The molecular formula is C12H17NO. The van der Waals surface area contributed by atoms with Crippen LogP contribution in [0.15, 0.2) is 18.2 Å². The van der Waals surface area contributed by atoms with Gasteiger partial charge in [0.1, 0.15) is 0 Å². The molecule has 0 saturated carbocycles. The van der Waals surface area contributed by atoms with Crippen molar-refractivity contribution < 1.29 is 5.11 Å². The summed E-state index contributed by atoms with van der Waals surface area (Å²) >= 11 is 0. The number of benzene rings is 1. The number of aliphatic hydroxyl groups is 1. The topological polar surface area (TPSA) is 23.5 Å². The van der Waals surface area contributed by atoms with E-state index in [1.807, 2.05) is 6.07 Å². The Balaban J connectivity index is 2.45. The van der Waals surface area contributed by atoms with Gasteiger partial charge in [0.05, 0.1) is 6.10 Å². The molecule has 2 heteroatoms. The monoisotopic (exact) mass is 191 g/mol. The van der Waals surface area contributed by atoms with Gasteiger partial charge in [0, 0.05) is 25.2 Å². The summed E-state index contributed by atoms with van der Waals surface area (Å²) in [5.74, 6) is 0.609. The molecule has 0 saturated heterocycles. The lowest BCUT2D eigenvalue weighted by Gasteiger charge is -2.13. The van der Waals surface area contributed by atoms with E-state index in [0.717, 1.165) is 12.1 Å². The maximum Gasteiger partial charge on any atom is 0.0762 e. The van der Waals surface area contributed by atoms with Gasteiger partial charge in [-0.2, -0.15) is 0 Å². The van der Waals surface area contributed by atoms with Gasteiger partial charge in [-0.3, -0.25) is 0 Å². The van der Waals surface area contributed by atoms with Crippen LogP contribution in [0.5, 0.6) is 0 Å². The first-order valence-corrected chi connectivity index (χ1v) is 5.12. The number of likely N-dealkylation sites (N-methyl/N-ethyl adjacent to an activating group) is 1. The van der Waals surface area contributed by atoms with Crippen LogP contribution in [0.3, 0.4) is 0 Å². The normalized spacial score (nSPS) is 22.3. The van der Waals surface area contributed by atoms with Crippen LogP contribution in [-0.4, -0.2) is 18.7 Å². The Labute approximate surface area is 85.2 Å². The van der Waals surface area contributed by atoms with Crippen molar-refractivity contribution >= 4 is 5.69 Å². The largest absolute Gasteiger partial charge is 0.389 e. The van der Waals surface area contributed by atoms with Crippen LogP contribution in [0.4, 0.5) is 5.69 Å². The van der Waals surface area contributed by atoms with Crippen LogP contribution < -0.4 is 4.90 Å². The van der Waals surface area contributed by atoms with E-state index >= 15 is 0 Å². The predicted molar refractivity (Wildman–Crippen MR) is 58.8 cm³/mol. The second kappa shape index (κ2) is 3.28. The Morgan fingerprint density at radius 1 is 1.50 bits per heavy atom. The zero-order valence-corrected chi connectivity index (χ0v) is 8.99. The fourth-order valence-electron chi connectivity index (χ4n) is 2.18. The quantitative estimate of drug-likeness (QED) is 0.736. The minimum absolute atomic E-state index is 0.371. The molecule has 2 unspecified atom stereocenters. The van der Waals surface area contributed by atoms with Crippen LogP contribution in [0.25, 0.3) is 0 Å². The highest BCUT2D eigenvalue weighted by atomic mass is 16.3. The second-order valence-electron chi connectivity index (χ2n) is 4.28. The minimum Gasteiger partial charge on any atom is -0.389 e. The van der Waals surface area contributed by atoms with E-state index in [9.17, 15) is 5.11 Å². The predicted octanol–water partition coefficient (Wildman–Crippen LogP) is 2.29. The number of rotatable bonds is 1. The summed E-state index contributed by atoms with van der Waals surface area (Å²) in [6, 6.07) is 6.27. The Hall–Kier alpha value is -1.02. The lowest BCUT2D eigenvalue weighted by atomic mass is 10.0. The zero-order chi connectivity index (χ0) is 10.3. The lowest BCUT2D eigenvalue weighted by molar-refractivity contribution is 0.199. The number of nitrogens with zero attached hydrogens (tertiary/aromatic N) is 1. The van der Waals surface area contributed by atoms with Gasteiger partial charge in [-0.05, 0) is 24.1 Å². The van der Waals surface area contributed by atoms with E-state index in [1.54, 1.807) is 6.92 Å². The number of hydrogen-bond donors (Lipinski definition) is 1. The van der Waals surface area contributed by atoms with E-state index in [1.165, 1.54) is 11.3 Å². The standard InChI is InChI=1S/C12H17NO/c1-8-7-13(3)12-6-10(9(2)14)4-5-11(8)12/h4-6,8-9,14H,7H2,1-3H3. The molecule has 0 spiro atoms. The third kappa shape index (κ3) is 1.40. The average molecular weight is 191 g/mol. The molecule has 0 radical (unpaired) electrons. The molecule has 0 amide bonds. The van der Waals surface area contributed by atoms with Crippen molar-refractivity contribution in [3.05, 3.63) is 29.3 Å². The minimum atomic E-state index is -0.371. The van der Waals surface area contributed by atoms with E-state index < -0.39 is 0 Å². The Bertz CT molecular complexity index is 346. The highest BCUT2D eigenvalue weighted by Crippen LogP contribution is 2.36. The molecule has 2 atom stereocenters. The molecule has 1 N–H and O–H groups in total. The molecule has 1 aliphatic heterocycles. The maximum atomic E-state index is 9.49. The van der Waals surface area contributed by atoms with Crippen molar-refractivity contribution in [3.8, 4) is 0 Å². The van der Waals surface area contributed by atoms with Crippen LogP contribution in [0.2, 0.25) is 0 Å². The number of anilines is 1. The summed E-state index contributed by atoms with van der Waals surface area (Å²) in [5.41, 5.74) is 3.68. The van der Waals surface area contributed by atoms with Crippen molar-refractivity contribution in [2.75, 3.05) is 18.5 Å². The highest BCUT2D eigenvalue weighted by Gasteiger charge is 2.23. The van der Waals surface area contributed by atoms with Gasteiger partial charge in [-0.1, -0.05) is 19.1 Å². The summed E-state index contributed by atoms with van der Waals surface area (Å²) in [5, 5.41) is 9.49. The number of fused-ring (bicyclic) bond motifs is 1. The maximum absolute atomic E-state index is 9.49. The van der Waals surface area contributed by atoms with E-state index in [-0.39, 0.29) is 6.10 Å². The molecule has 0 aliphatic carbocycles. The van der Waals surface area contributed by atoms with Gasteiger partial charge in [0.25, 0.3) is 0 Å². The molecule has 2 rings (SSSR count). The molecule has 2 nitrogen and oxygen atoms in total. The van der Waals surface area contributed by atoms with Crippen LogP contribution >= 0.6 is 0 Å². The van der Waals surface area contributed by atoms with Crippen molar-refractivity contribution in [2.45, 2.75) is 25.9 Å². The molecule has 0 bridgehead atoms. The Morgan fingerprint density at radius 3 is 2.86 bits per heavy atom. The van der Waals surface area contributed by atoms with Crippen molar-refractivity contribution in [1.82, 2.24) is 0 Å². The lowest BCUT2D eigenvalue weighted by Crippen LogP contribution is -2.14. The van der Waals surface area contributed by atoms with Crippen LogP contribution in [-0.2, 0) is 0 Å². The molecule has 1 aromatic carbocycles. The molecule has 76 valence electrons. The van der Waals surface area contributed by atoms with Gasteiger partial charge in [-0.25, -0.2) is 0 Å². The Morgan fingerprint density at radius 2 is 2.21 bits per heavy atom. The molecule has 1 heterocycles. The van der Waals surface area contributed by atoms with Crippen molar-refractivity contribution in [3.63, 3.8) is 0 Å². The van der Waals surface area contributed by atoms with Crippen molar-refractivity contribution in [1.29, 1.82) is 0 Å². The Kier molecular flexibility index (Phi) is 2.23. The van der Waals surface area contributed by atoms with E-state index in [2.05, 4.69) is 31.0 Å². The first-order chi connectivity index (χ1) is 6.59.